The van der Waals surface area contributed by atoms with Crippen LogP contribution in [0.5, 0.6) is 0 Å². The predicted molar refractivity (Wildman–Crippen MR) is 55.3 cm³/mol. The lowest BCUT2D eigenvalue weighted by molar-refractivity contribution is -0.123. The second-order valence-corrected chi connectivity index (χ2v) is 3.32. The van der Waals surface area contributed by atoms with E-state index in [4.69, 9.17) is 5.84 Å². The number of nitrogen functional groups attached to an aromatic ring is 1. The largest absolute Gasteiger partial charge is 0.346 e. The normalized spacial score (nSPS) is 11.4. The van der Waals surface area contributed by atoms with E-state index in [0.29, 0.717) is 0 Å². The fourth-order valence-electron chi connectivity index (χ4n) is 1.03. The Morgan fingerprint density at radius 1 is 1.50 bits per heavy atom. The van der Waals surface area contributed by atoms with Crippen molar-refractivity contribution >= 4 is 11.7 Å². The van der Waals surface area contributed by atoms with Gasteiger partial charge in [0.1, 0.15) is 5.82 Å². The quantitative estimate of drug-likeness (QED) is 0.422. The number of anilines is 1. The van der Waals surface area contributed by atoms with Crippen molar-refractivity contribution < 1.29 is 22.4 Å². The van der Waals surface area contributed by atoms with E-state index in [-0.39, 0.29) is 11.4 Å². The summed E-state index contributed by atoms with van der Waals surface area (Å²) in [7, 11) is 0. The molecule has 1 heterocycles. The van der Waals surface area contributed by atoms with Crippen molar-refractivity contribution in [1.82, 2.24) is 10.3 Å². The third kappa shape index (κ3) is 3.55. The summed E-state index contributed by atoms with van der Waals surface area (Å²) in [6.07, 6.45) is -2.62. The number of halogens is 4. The number of rotatable bonds is 5. The van der Waals surface area contributed by atoms with Crippen molar-refractivity contribution in [3.8, 4) is 0 Å². The number of aromatic nitrogens is 1. The van der Waals surface area contributed by atoms with Gasteiger partial charge in [-0.15, -0.1) is 0 Å². The Morgan fingerprint density at radius 2 is 2.17 bits per heavy atom. The van der Waals surface area contributed by atoms with Gasteiger partial charge in [-0.3, -0.25) is 4.79 Å². The molecule has 0 saturated heterocycles. The molecular weight excluding hydrogens is 256 g/mol. The summed E-state index contributed by atoms with van der Waals surface area (Å²) in [5.41, 5.74) is 2.13. The molecule has 5 nitrogen and oxygen atoms in total. The molecule has 4 N–H and O–H groups in total. The third-order valence-corrected chi connectivity index (χ3v) is 1.97. The summed E-state index contributed by atoms with van der Waals surface area (Å²) in [6.45, 7) is -1.45. The molecule has 0 aliphatic rings. The zero-order chi connectivity index (χ0) is 13.8. The average molecular weight is 266 g/mol. The molecule has 9 heteroatoms. The number of alkyl halides is 4. The molecule has 0 spiro atoms. The van der Waals surface area contributed by atoms with Crippen LogP contribution in [0, 0.1) is 0 Å². The minimum absolute atomic E-state index is 0.0250. The number of nitrogens with one attached hydrogen (secondary N) is 2. The van der Waals surface area contributed by atoms with Crippen LogP contribution >= 0.6 is 0 Å². The van der Waals surface area contributed by atoms with Gasteiger partial charge >= 0.3 is 12.3 Å². The van der Waals surface area contributed by atoms with Gasteiger partial charge in [0.05, 0.1) is 6.54 Å². The number of pyridine rings is 1. The van der Waals surface area contributed by atoms with Crippen molar-refractivity contribution in [1.29, 1.82) is 0 Å². The second kappa shape index (κ2) is 5.63. The van der Waals surface area contributed by atoms with E-state index in [9.17, 15) is 22.4 Å². The maximum absolute atomic E-state index is 12.6. The molecule has 0 radical (unpaired) electrons. The lowest BCUT2D eigenvalue weighted by Gasteiger charge is -2.15. The average Bonchev–Trinajstić information content (AvgIpc) is 2.36. The maximum atomic E-state index is 12.6. The van der Waals surface area contributed by atoms with Gasteiger partial charge in [0.15, 0.2) is 0 Å². The lowest BCUT2D eigenvalue weighted by Crippen LogP contribution is -2.41. The van der Waals surface area contributed by atoms with Crippen LogP contribution in [0.25, 0.3) is 0 Å². The highest BCUT2D eigenvalue weighted by molar-refractivity contribution is 5.94. The maximum Gasteiger partial charge on any atom is 0.324 e. The fraction of sp³-hybridized carbons (Fsp3) is 0.333. The SMILES string of the molecule is NNc1cc(C(=O)NCC(F)(F)C(F)F)ccn1. The topological polar surface area (TPSA) is 80.0 Å². The Labute approximate surface area is 99.3 Å². The van der Waals surface area contributed by atoms with Gasteiger partial charge in [0.25, 0.3) is 5.91 Å². The summed E-state index contributed by atoms with van der Waals surface area (Å²) >= 11 is 0. The minimum atomic E-state index is -4.27. The monoisotopic (exact) mass is 266 g/mol. The Bertz CT molecular complexity index is 427. The van der Waals surface area contributed by atoms with Crippen LogP contribution in [0.15, 0.2) is 18.3 Å². The molecule has 18 heavy (non-hydrogen) atoms. The predicted octanol–water partition coefficient (Wildman–Crippen LogP) is 0.997. The fourth-order valence-corrected chi connectivity index (χ4v) is 1.03. The first-order valence-electron chi connectivity index (χ1n) is 4.73. The van der Waals surface area contributed by atoms with Gasteiger partial charge in [0, 0.05) is 11.8 Å². The van der Waals surface area contributed by atoms with Crippen molar-refractivity contribution in [3.63, 3.8) is 0 Å². The Balaban J connectivity index is 2.66. The van der Waals surface area contributed by atoms with Crippen LogP contribution < -0.4 is 16.6 Å². The van der Waals surface area contributed by atoms with E-state index in [2.05, 4.69) is 10.4 Å². The number of hydrogen-bond donors (Lipinski definition) is 3. The Hall–Kier alpha value is -1.90. The highest BCUT2D eigenvalue weighted by atomic mass is 19.3. The third-order valence-electron chi connectivity index (χ3n) is 1.97. The summed E-state index contributed by atoms with van der Waals surface area (Å²) in [5.74, 6) is -0.00791. The molecule has 0 aromatic carbocycles. The molecule has 0 unspecified atom stereocenters. The molecule has 0 saturated carbocycles. The zero-order valence-electron chi connectivity index (χ0n) is 8.96. The smallest absolute Gasteiger partial charge is 0.324 e. The van der Waals surface area contributed by atoms with Crippen LogP contribution in [0.3, 0.4) is 0 Å². The van der Waals surface area contributed by atoms with Crippen molar-refractivity contribution in [2.75, 3.05) is 12.0 Å². The Morgan fingerprint density at radius 3 is 2.72 bits per heavy atom. The van der Waals surface area contributed by atoms with Gasteiger partial charge in [-0.2, -0.15) is 8.78 Å². The standard InChI is InChI=1S/C9H10F4N4O/c10-8(11)9(12,13)4-16-7(18)5-1-2-15-6(3-5)17-14/h1-3,8H,4,14H2,(H,15,17)(H,16,18). The van der Waals surface area contributed by atoms with Crippen molar-refractivity contribution in [2.45, 2.75) is 12.3 Å². The van der Waals surface area contributed by atoms with E-state index >= 15 is 0 Å². The molecular formula is C9H10F4N4O. The number of nitrogens with two attached hydrogens (primary N) is 1. The Kier molecular flexibility index (Phi) is 4.43. The summed E-state index contributed by atoms with van der Waals surface area (Å²) in [5, 5.41) is 1.71. The second-order valence-electron chi connectivity index (χ2n) is 3.32. The summed E-state index contributed by atoms with van der Waals surface area (Å²) in [6, 6.07) is 2.42. The number of nitrogens with zero attached hydrogens (tertiary/aromatic N) is 1. The molecule has 1 aromatic rings. The van der Waals surface area contributed by atoms with E-state index in [0.717, 1.165) is 0 Å². The molecule has 100 valence electrons. The number of hydrazine groups is 1. The van der Waals surface area contributed by atoms with E-state index < -0.39 is 24.8 Å². The van der Waals surface area contributed by atoms with Crippen molar-refractivity contribution in [3.05, 3.63) is 23.9 Å². The summed E-state index contributed by atoms with van der Waals surface area (Å²) in [4.78, 5) is 15.1. The van der Waals surface area contributed by atoms with Crippen LogP contribution in [0.4, 0.5) is 23.4 Å². The van der Waals surface area contributed by atoms with E-state index in [1.54, 1.807) is 5.32 Å². The number of hydrogen-bond acceptors (Lipinski definition) is 4. The van der Waals surface area contributed by atoms with Gasteiger partial charge in [-0.1, -0.05) is 0 Å². The van der Waals surface area contributed by atoms with E-state index in [1.165, 1.54) is 18.3 Å². The van der Waals surface area contributed by atoms with Crippen LogP contribution in [0.1, 0.15) is 10.4 Å². The summed E-state index contributed by atoms with van der Waals surface area (Å²) < 4.78 is 48.8. The van der Waals surface area contributed by atoms with Gasteiger partial charge in [0.2, 0.25) is 0 Å². The van der Waals surface area contributed by atoms with Gasteiger partial charge in [-0.05, 0) is 12.1 Å². The lowest BCUT2D eigenvalue weighted by atomic mass is 10.2. The highest BCUT2D eigenvalue weighted by Gasteiger charge is 2.40. The van der Waals surface area contributed by atoms with E-state index in [1.807, 2.05) is 0 Å². The highest BCUT2D eigenvalue weighted by Crippen LogP contribution is 2.21. The molecule has 0 fully saturated rings. The van der Waals surface area contributed by atoms with Crippen molar-refractivity contribution in [2.24, 2.45) is 5.84 Å². The number of amides is 1. The molecule has 1 amide bonds. The van der Waals surface area contributed by atoms with Crippen LogP contribution in [0.2, 0.25) is 0 Å². The first-order valence-corrected chi connectivity index (χ1v) is 4.73. The number of carbonyl (C=O) groups is 1. The molecule has 0 bridgehead atoms. The minimum Gasteiger partial charge on any atom is -0.346 e. The van der Waals surface area contributed by atoms with Gasteiger partial charge in [-0.25, -0.2) is 19.6 Å². The van der Waals surface area contributed by atoms with Gasteiger partial charge < -0.3 is 10.7 Å². The molecule has 0 aliphatic heterocycles. The molecule has 1 rings (SSSR count). The molecule has 0 aliphatic carbocycles. The first kappa shape index (κ1) is 14.2. The first-order chi connectivity index (χ1) is 8.36. The number of carbonyl (C=O) groups excluding carboxylic acids is 1. The molecule has 1 aromatic heterocycles. The van der Waals surface area contributed by atoms with Crippen LogP contribution in [-0.2, 0) is 0 Å². The zero-order valence-corrected chi connectivity index (χ0v) is 8.96. The molecule has 0 atom stereocenters. The van der Waals surface area contributed by atoms with Crippen LogP contribution in [-0.4, -0.2) is 29.8 Å².